The summed E-state index contributed by atoms with van der Waals surface area (Å²) in [5.41, 5.74) is 6.67. The van der Waals surface area contributed by atoms with Crippen LogP contribution in [0.15, 0.2) is 48.5 Å². The van der Waals surface area contributed by atoms with Crippen LogP contribution in [0.25, 0.3) is 28.1 Å². The molecule has 0 saturated carbocycles. The zero-order chi connectivity index (χ0) is 17.7. The smallest absolute Gasteiger partial charge is 0.225 e. The van der Waals surface area contributed by atoms with Crippen molar-refractivity contribution in [3.05, 3.63) is 59.8 Å². The summed E-state index contributed by atoms with van der Waals surface area (Å²) < 4.78 is 4.50. The van der Waals surface area contributed by atoms with Gasteiger partial charge in [0.05, 0.1) is 28.8 Å². The highest BCUT2D eigenvalue weighted by Gasteiger charge is 2.25. The molecule has 5 heteroatoms. The first-order valence-corrected chi connectivity index (χ1v) is 9.05. The van der Waals surface area contributed by atoms with Crippen LogP contribution in [0.2, 0.25) is 0 Å². The maximum atomic E-state index is 12.2. The van der Waals surface area contributed by atoms with Crippen LogP contribution < -0.4 is 5.32 Å². The van der Waals surface area contributed by atoms with Gasteiger partial charge in [0.2, 0.25) is 11.7 Å². The van der Waals surface area contributed by atoms with Gasteiger partial charge < -0.3 is 9.88 Å². The number of carbonyl (C=O) groups is 1. The second-order valence-electron chi connectivity index (χ2n) is 6.80. The van der Waals surface area contributed by atoms with E-state index in [1.54, 1.807) is 7.05 Å². The van der Waals surface area contributed by atoms with E-state index in [4.69, 9.17) is 4.98 Å². The Bertz CT molecular complexity index is 1140. The third-order valence-corrected chi connectivity index (χ3v) is 5.29. The number of aromatic nitrogens is 3. The van der Waals surface area contributed by atoms with E-state index in [2.05, 4.69) is 44.6 Å². The van der Waals surface area contributed by atoms with E-state index in [0.29, 0.717) is 6.42 Å². The standard InChI is InChI=1S/C21H20N4O/c1-22-18(26)13-17-19(14-7-3-2-4-8-14)23-21-24-12-6-10-15-9-5-11-16(20(15)24)25(17)21/h2-5,7-9,11H,6,10,12-13H2,1H3,(H,22,26). The van der Waals surface area contributed by atoms with Gasteiger partial charge in [0.25, 0.3) is 0 Å². The normalized spacial score (nSPS) is 13.4. The predicted molar refractivity (Wildman–Crippen MR) is 102 cm³/mol. The van der Waals surface area contributed by atoms with E-state index in [0.717, 1.165) is 47.6 Å². The number of hydrogen-bond acceptors (Lipinski definition) is 2. The number of nitrogens with zero attached hydrogens (tertiary/aromatic N) is 3. The lowest BCUT2D eigenvalue weighted by atomic mass is 10.0. The Hall–Kier alpha value is -3.08. The van der Waals surface area contributed by atoms with Gasteiger partial charge in [-0.2, -0.15) is 0 Å². The van der Waals surface area contributed by atoms with Crippen LogP contribution in [0.1, 0.15) is 17.7 Å². The van der Waals surface area contributed by atoms with Crippen LogP contribution in [-0.2, 0) is 24.2 Å². The number of nitrogens with one attached hydrogen (secondary N) is 1. The third kappa shape index (κ3) is 2.10. The Balaban J connectivity index is 1.88. The number of amides is 1. The predicted octanol–water partition coefficient (Wildman–Crippen LogP) is 3.19. The van der Waals surface area contributed by atoms with Crippen LogP contribution in [0, 0.1) is 0 Å². The van der Waals surface area contributed by atoms with Crippen molar-refractivity contribution in [3.63, 3.8) is 0 Å². The van der Waals surface area contributed by atoms with Gasteiger partial charge in [0.15, 0.2) is 0 Å². The largest absolute Gasteiger partial charge is 0.359 e. The molecule has 1 aliphatic heterocycles. The minimum absolute atomic E-state index is 0.00379. The van der Waals surface area contributed by atoms with Crippen LogP contribution in [0.5, 0.6) is 0 Å². The molecule has 26 heavy (non-hydrogen) atoms. The number of hydrogen-bond donors (Lipinski definition) is 1. The Kier molecular flexibility index (Phi) is 3.35. The summed E-state index contributed by atoms with van der Waals surface area (Å²) in [5.74, 6) is 0.931. The minimum Gasteiger partial charge on any atom is -0.359 e. The fourth-order valence-corrected chi connectivity index (χ4v) is 4.12. The summed E-state index contributed by atoms with van der Waals surface area (Å²) in [7, 11) is 1.68. The molecule has 130 valence electrons. The van der Waals surface area contributed by atoms with Gasteiger partial charge >= 0.3 is 0 Å². The topological polar surface area (TPSA) is 51.3 Å². The van der Waals surface area contributed by atoms with Crippen LogP contribution in [0.3, 0.4) is 0 Å². The van der Waals surface area contributed by atoms with Crippen LogP contribution in [0.4, 0.5) is 0 Å². The number of likely N-dealkylation sites (N-methyl/N-ethyl adjacent to an activating group) is 1. The van der Waals surface area contributed by atoms with Crippen molar-refractivity contribution >= 4 is 22.7 Å². The minimum atomic E-state index is -0.00379. The SMILES string of the molecule is CNC(=O)Cc1c(-c2ccccc2)nc2n3c4c(cccc4n12)CCC3. The van der Waals surface area contributed by atoms with E-state index in [-0.39, 0.29) is 5.91 Å². The summed E-state index contributed by atoms with van der Waals surface area (Å²) in [6.45, 7) is 0.967. The molecular formula is C21H20N4O. The molecule has 0 radical (unpaired) electrons. The van der Waals surface area contributed by atoms with Gasteiger partial charge in [0, 0.05) is 19.2 Å². The molecule has 1 amide bonds. The van der Waals surface area contributed by atoms with E-state index in [1.165, 1.54) is 11.1 Å². The molecule has 4 aromatic rings. The first kappa shape index (κ1) is 15.2. The number of para-hydroxylation sites is 1. The lowest BCUT2D eigenvalue weighted by molar-refractivity contribution is -0.120. The van der Waals surface area contributed by atoms with E-state index in [9.17, 15) is 4.79 Å². The Morgan fingerprint density at radius 1 is 1.15 bits per heavy atom. The second-order valence-corrected chi connectivity index (χ2v) is 6.80. The summed E-state index contributed by atoms with van der Waals surface area (Å²) in [4.78, 5) is 17.2. The average Bonchev–Trinajstić information content (AvgIpc) is 3.21. The molecule has 0 atom stereocenters. The molecular weight excluding hydrogens is 324 g/mol. The molecule has 0 unspecified atom stereocenters. The number of rotatable bonds is 3. The summed E-state index contributed by atoms with van der Waals surface area (Å²) in [6, 6.07) is 16.6. The highest BCUT2D eigenvalue weighted by atomic mass is 16.1. The lowest BCUT2D eigenvalue weighted by Gasteiger charge is -2.14. The molecule has 3 heterocycles. The first-order chi connectivity index (χ1) is 12.8. The molecule has 0 saturated heterocycles. The number of aryl methyl sites for hydroxylation is 2. The highest BCUT2D eigenvalue weighted by Crippen LogP contribution is 2.34. The lowest BCUT2D eigenvalue weighted by Crippen LogP contribution is -2.21. The molecule has 1 aliphatic rings. The maximum Gasteiger partial charge on any atom is 0.225 e. The quantitative estimate of drug-likeness (QED) is 0.620. The molecule has 1 N–H and O–H groups in total. The monoisotopic (exact) mass is 344 g/mol. The summed E-state index contributed by atoms with van der Waals surface area (Å²) in [5, 5.41) is 2.75. The Labute approximate surface area is 151 Å². The molecule has 0 fully saturated rings. The van der Waals surface area contributed by atoms with E-state index in [1.807, 2.05) is 18.2 Å². The fourth-order valence-electron chi connectivity index (χ4n) is 4.12. The van der Waals surface area contributed by atoms with Crippen LogP contribution in [-0.4, -0.2) is 26.9 Å². The Morgan fingerprint density at radius 2 is 2.00 bits per heavy atom. The summed E-state index contributed by atoms with van der Waals surface area (Å²) >= 11 is 0. The van der Waals surface area contributed by atoms with Crippen molar-refractivity contribution in [3.8, 4) is 11.3 Å². The van der Waals surface area contributed by atoms with Crippen LogP contribution >= 0.6 is 0 Å². The van der Waals surface area contributed by atoms with E-state index < -0.39 is 0 Å². The summed E-state index contributed by atoms with van der Waals surface area (Å²) in [6.07, 6.45) is 2.53. The van der Waals surface area contributed by atoms with Gasteiger partial charge in [-0.25, -0.2) is 4.98 Å². The zero-order valence-electron chi connectivity index (χ0n) is 14.7. The Morgan fingerprint density at radius 3 is 2.81 bits per heavy atom. The molecule has 0 bridgehead atoms. The van der Waals surface area contributed by atoms with Gasteiger partial charge in [-0.05, 0) is 24.5 Å². The first-order valence-electron chi connectivity index (χ1n) is 9.05. The number of carbonyl (C=O) groups excluding carboxylic acids is 1. The molecule has 5 rings (SSSR count). The van der Waals surface area contributed by atoms with Crippen molar-refractivity contribution in [1.29, 1.82) is 0 Å². The number of fused-ring (bicyclic) bond motifs is 3. The third-order valence-electron chi connectivity index (χ3n) is 5.29. The number of imidazole rings is 2. The molecule has 0 spiro atoms. The van der Waals surface area contributed by atoms with Crippen molar-refractivity contribution < 1.29 is 4.79 Å². The second kappa shape index (κ2) is 5.73. The molecule has 2 aromatic carbocycles. The fraction of sp³-hybridized carbons (Fsp3) is 0.238. The van der Waals surface area contributed by atoms with Gasteiger partial charge in [-0.3, -0.25) is 9.20 Å². The van der Waals surface area contributed by atoms with Crippen molar-refractivity contribution in [2.75, 3.05) is 7.05 Å². The highest BCUT2D eigenvalue weighted by molar-refractivity contribution is 5.88. The van der Waals surface area contributed by atoms with Crippen molar-refractivity contribution in [2.45, 2.75) is 25.8 Å². The van der Waals surface area contributed by atoms with Crippen molar-refractivity contribution in [2.24, 2.45) is 0 Å². The van der Waals surface area contributed by atoms with Gasteiger partial charge in [-0.15, -0.1) is 0 Å². The molecule has 5 nitrogen and oxygen atoms in total. The van der Waals surface area contributed by atoms with Crippen molar-refractivity contribution in [1.82, 2.24) is 19.3 Å². The van der Waals surface area contributed by atoms with Gasteiger partial charge in [-0.1, -0.05) is 42.5 Å². The zero-order valence-corrected chi connectivity index (χ0v) is 14.7. The molecule has 0 aliphatic carbocycles. The molecule has 2 aromatic heterocycles. The average molecular weight is 344 g/mol. The van der Waals surface area contributed by atoms with Gasteiger partial charge in [0.1, 0.15) is 0 Å². The van der Waals surface area contributed by atoms with E-state index >= 15 is 0 Å². The maximum absolute atomic E-state index is 12.2. The number of benzene rings is 2.